The van der Waals surface area contributed by atoms with E-state index in [-0.39, 0.29) is 0 Å². The first kappa shape index (κ1) is 41.8. The lowest BCUT2D eigenvalue weighted by atomic mass is 9.99. The van der Waals surface area contributed by atoms with Gasteiger partial charge in [-0.05, 0) is 110 Å². The van der Waals surface area contributed by atoms with Gasteiger partial charge in [-0.1, -0.05) is 162 Å². The predicted molar refractivity (Wildman–Crippen MR) is 290 cm³/mol. The quantitative estimate of drug-likeness (QED) is 0.0902. The topological polar surface area (TPSA) is 89.8 Å². The van der Waals surface area contributed by atoms with Gasteiger partial charge in [0.15, 0.2) is 47.0 Å². The number of benzene rings is 8. The number of aliphatic imine (C=N–C) groups is 7. The van der Waals surface area contributed by atoms with E-state index >= 15 is 0 Å². The van der Waals surface area contributed by atoms with E-state index in [1.54, 1.807) is 11.9 Å². The summed E-state index contributed by atoms with van der Waals surface area (Å²) >= 11 is 1.79. The lowest BCUT2D eigenvalue weighted by Crippen LogP contribution is -2.31. The summed E-state index contributed by atoms with van der Waals surface area (Å²) in [6.45, 7) is 2.29. The molecule has 8 aromatic carbocycles. The second kappa shape index (κ2) is 17.6. The molecule has 5 heterocycles. The second-order valence-corrected chi connectivity index (χ2v) is 19.8. The molecule has 0 aromatic heterocycles. The highest BCUT2D eigenvalue weighted by atomic mass is 32.2. The molecule has 8 bridgehead atoms. The van der Waals surface area contributed by atoms with Gasteiger partial charge in [0.2, 0.25) is 0 Å². The fraction of sp³-hybridized carbons (Fsp3) is 0.217. The highest BCUT2D eigenvalue weighted by molar-refractivity contribution is 7.98. The molecule has 1 unspecified atom stereocenters. The summed E-state index contributed by atoms with van der Waals surface area (Å²) in [6, 6.07) is 51.9. The van der Waals surface area contributed by atoms with Gasteiger partial charge in [0.1, 0.15) is 0 Å². The lowest BCUT2D eigenvalue weighted by molar-refractivity contribution is 0.563. The summed E-state index contributed by atoms with van der Waals surface area (Å²) in [5, 5.41) is 9.01. The van der Waals surface area contributed by atoms with E-state index in [4.69, 9.17) is 34.9 Å². The average Bonchev–Trinajstić information content (AvgIpc) is 4.11. The molecular formula is C60H50N8S. The molecule has 8 nitrogen and oxygen atoms in total. The first-order valence-corrected chi connectivity index (χ1v) is 25.7. The summed E-state index contributed by atoms with van der Waals surface area (Å²) in [6.07, 6.45) is 12.2. The van der Waals surface area contributed by atoms with Crippen LogP contribution in [0, 0.1) is 0 Å². The highest BCUT2D eigenvalue weighted by Crippen LogP contribution is 2.40. The molecule has 0 saturated heterocycles. The number of fused-ring (bicyclic) bond motifs is 20. The molecule has 5 aliphatic rings. The van der Waals surface area contributed by atoms with Crippen LogP contribution < -0.4 is 0 Å². The van der Waals surface area contributed by atoms with E-state index in [1.807, 2.05) is 0 Å². The molecule has 69 heavy (non-hydrogen) atoms. The van der Waals surface area contributed by atoms with Gasteiger partial charge >= 0.3 is 0 Å². The summed E-state index contributed by atoms with van der Waals surface area (Å²) in [5.41, 5.74) is 7.74. The van der Waals surface area contributed by atoms with Crippen molar-refractivity contribution in [2.75, 3.05) is 5.75 Å². The molecule has 0 spiro atoms. The van der Waals surface area contributed by atoms with Gasteiger partial charge in [-0.15, -0.1) is 0 Å². The van der Waals surface area contributed by atoms with Crippen LogP contribution in [0.1, 0.15) is 122 Å². The fourth-order valence-corrected chi connectivity index (χ4v) is 11.6. The van der Waals surface area contributed by atoms with Gasteiger partial charge in [-0.25, -0.2) is 34.9 Å². The van der Waals surface area contributed by atoms with Crippen LogP contribution in [0.25, 0.3) is 43.1 Å². The van der Waals surface area contributed by atoms with E-state index < -0.39 is 6.17 Å². The number of amidine groups is 7. The summed E-state index contributed by atoms with van der Waals surface area (Å²) in [5.74, 6) is 5.54. The minimum Gasteiger partial charge on any atom is -0.250 e. The van der Waals surface area contributed by atoms with E-state index in [0.717, 1.165) is 111 Å². The third kappa shape index (κ3) is 7.60. The summed E-state index contributed by atoms with van der Waals surface area (Å²) in [4.78, 5) is 38.2. The zero-order valence-electron chi connectivity index (χ0n) is 38.7. The Morgan fingerprint density at radius 2 is 0.696 bits per heavy atom. The molecule has 13 rings (SSSR count). The van der Waals surface area contributed by atoms with Gasteiger partial charge in [-0.2, -0.15) is 0 Å². The Morgan fingerprint density at radius 1 is 0.362 bits per heavy atom. The van der Waals surface area contributed by atoms with Crippen LogP contribution in [0.15, 0.2) is 181 Å². The number of hydrogen-bond donors (Lipinski definition) is 0. The molecule has 0 N–H and O–H groups in total. The van der Waals surface area contributed by atoms with Crippen molar-refractivity contribution in [2.24, 2.45) is 34.9 Å². The first-order chi connectivity index (χ1) is 34.1. The zero-order valence-corrected chi connectivity index (χ0v) is 39.5. The molecule has 0 fully saturated rings. The zero-order chi connectivity index (χ0) is 45.8. The predicted octanol–water partition coefficient (Wildman–Crippen LogP) is 14.6. The van der Waals surface area contributed by atoms with Crippen LogP contribution in [-0.2, 0) is 0 Å². The van der Waals surface area contributed by atoms with Crippen molar-refractivity contribution in [1.82, 2.24) is 4.31 Å². The van der Waals surface area contributed by atoms with Crippen molar-refractivity contribution >= 4 is 95.9 Å². The van der Waals surface area contributed by atoms with E-state index in [1.165, 1.54) is 57.8 Å². The number of rotatable bonds is 12. The van der Waals surface area contributed by atoms with E-state index in [2.05, 4.69) is 157 Å². The summed E-state index contributed by atoms with van der Waals surface area (Å²) < 4.78 is 2.29. The Balaban J connectivity index is 1.01. The highest BCUT2D eigenvalue weighted by Gasteiger charge is 2.37. The number of hydrogen-bond acceptors (Lipinski definition) is 9. The third-order valence-corrected chi connectivity index (χ3v) is 15.3. The van der Waals surface area contributed by atoms with Crippen molar-refractivity contribution in [3.05, 3.63) is 190 Å². The Labute approximate surface area is 406 Å². The largest absolute Gasteiger partial charge is 0.250 e. The average molecular weight is 915 g/mol. The van der Waals surface area contributed by atoms with E-state index in [0.29, 0.717) is 29.2 Å². The molecule has 9 heteroatoms. The molecule has 0 aliphatic carbocycles. The lowest BCUT2D eigenvalue weighted by Gasteiger charge is -2.24. The maximum absolute atomic E-state index is 5.58. The minimum atomic E-state index is -0.584. The summed E-state index contributed by atoms with van der Waals surface area (Å²) in [7, 11) is 0. The van der Waals surface area contributed by atoms with Gasteiger partial charge in [0.05, 0.1) is 0 Å². The van der Waals surface area contributed by atoms with Crippen molar-refractivity contribution in [1.29, 1.82) is 0 Å². The Bertz CT molecular complexity index is 3670. The van der Waals surface area contributed by atoms with Crippen LogP contribution in [0.3, 0.4) is 0 Å². The Hall–Kier alpha value is -7.36. The van der Waals surface area contributed by atoms with Crippen LogP contribution in [0.4, 0.5) is 0 Å². The molecule has 0 saturated carbocycles. The van der Waals surface area contributed by atoms with Crippen LogP contribution in [-0.4, -0.2) is 50.9 Å². The Kier molecular flexibility index (Phi) is 10.7. The minimum absolute atomic E-state index is 0.584. The molecule has 5 aliphatic heterocycles. The number of nitrogens with zero attached hydrogens (tertiary/aromatic N) is 8. The Morgan fingerprint density at radius 3 is 1.16 bits per heavy atom. The van der Waals surface area contributed by atoms with Gasteiger partial charge in [0, 0.05) is 50.3 Å². The van der Waals surface area contributed by atoms with Gasteiger partial charge in [-0.3, -0.25) is 4.31 Å². The normalized spacial score (nSPS) is 16.4. The second-order valence-electron chi connectivity index (χ2n) is 18.8. The van der Waals surface area contributed by atoms with Crippen LogP contribution >= 0.6 is 11.9 Å². The third-order valence-electron chi connectivity index (χ3n) is 14.2. The molecule has 8 aromatic rings. The SMILES string of the molecule is CCCCCCCCCCCCSN1C2=NC(=NC3=NC(=NC4N=C(N=C5N=C1c1cc6ccccc6cc15)c1cc5ccccc5cc14)c1cc4ccccc4cc13)c1cc3ccccc3cc12. The molecule has 336 valence electrons. The van der Waals surface area contributed by atoms with Crippen LogP contribution in [0.5, 0.6) is 0 Å². The molecular weight excluding hydrogens is 865 g/mol. The van der Waals surface area contributed by atoms with E-state index in [9.17, 15) is 0 Å². The van der Waals surface area contributed by atoms with Gasteiger partial charge < -0.3 is 0 Å². The van der Waals surface area contributed by atoms with Gasteiger partial charge in [0.25, 0.3) is 0 Å². The first-order valence-electron chi connectivity index (χ1n) is 24.8. The number of unbranched alkanes of at least 4 members (excludes halogenated alkanes) is 9. The van der Waals surface area contributed by atoms with Crippen molar-refractivity contribution in [3.63, 3.8) is 0 Å². The maximum atomic E-state index is 5.58. The maximum Gasteiger partial charge on any atom is 0.170 e. The fourth-order valence-electron chi connectivity index (χ4n) is 10.5. The van der Waals surface area contributed by atoms with Crippen molar-refractivity contribution in [2.45, 2.75) is 77.3 Å². The van der Waals surface area contributed by atoms with Crippen molar-refractivity contribution < 1.29 is 0 Å². The molecule has 1 atom stereocenters. The standard InChI is InChI=1S/C60H50N8S/c1-2-3-4-5-6-7-8-9-10-19-28-69-68-59-51-35-43-26-17-15-24-41(43)33-49(51)57(66-59)64-55-47-31-39-22-13-11-20-37(39)29-45(47)53(62-55)61-54-46-30-38-21-12-14-23-40(38)32-48(46)56(63-54)65-58-50-34-42-25-16-18-27-44(42)36-52(50)60(68)67-58/h11-18,20-27,29-36,53H,2-10,19,28H2,1H3. The smallest absolute Gasteiger partial charge is 0.170 e. The molecule has 0 radical (unpaired) electrons. The van der Waals surface area contributed by atoms with Crippen LogP contribution in [0.2, 0.25) is 0 Å². The monoisotopic (exact) mass is 914 g/mol. The molecule has 0 amide bonds. The van der Waals surface area contributed by atoms with Crippen molar-refractivity contribution in [3.8, 4) is 0 Å².